The van der Waals surface area contributed by atoms with Crippen LogP contribution in [0.15, 0.2) is 72.8 Å². The molecular formula is C28H28N2O3. The number of benzene rings is 3. The molecule has 1 amide bonds. The summed E-state index contributed by atoms with van der Waals surface area (Å²) in [4.78, 5) is 25.5. The summed E-state index contributed by atoms with van der Waals surface area (Å²) in [6.45, 7) is 6.21. The van der Waals surface area contributed by atoms with Crippen molar-refractivity contribution >= 4 is 23.1 Å². The van der Waals surface area contributed by atoms with Crippen LogP contribution in [-0.4, -0.2) is 24.3 Å². The molecule has 0 aromatic heterocycles. The molecule has 0 unspecified atom stereocenters. The van der Waals surface area contributed by atoms with E-state index in [1.54, 1.807) is 49.6 Å². The van der Waals surface area contributed by atoms with Gasteiger partial charge in [-0.05, 0) is 81.3 Å². The number of ketones is 1. The molecule has 0 saturated carbocycles. The Hall–Kier alpha value is -3.86. The smallest absolute Gasteiger partial charge is 0.255 e. The number of ether oxygens (including phenoxy) is 1. The van der Waals surface area contributed by atoms with Crippen LogP contribution in [0, 0.1) is 6.92 Å². The highest BCUT2D eigenvalue weighted by atomic mass is 16.5. The Balaban J connectivity index is 1.54. The summed E-state index contributed by atoms with van der Waals surface area (Å²) in [6.07, 6.45) is 2.49. The van der Waals surface area contributed by atoms with E-state index in [1.165, 1.54) is 5.56 Å². The largest absolute Gasteiger partial charge is 0.497 e. The van der Waals surface area contributed by atoms with E-state index >= 15 is 0 Å². The van der Waals surface area contributed by atoms with Gasteiger partial charge in [0.15, 0.2) is 5.78 Å². The molecule has 3 aromatic carbocycles. The van der Waals surface area contributed by atoms with Crippen molar-refractivity contribution < 1.29 is 14.3 Å². The first kappa shape index (κ1) is 22.3. The standard InChI is InChI=1S/C28H28N2O3/c1-18-5-7-20(8-6-18)27(32)29-22-12-9-19(10-13-22)26(31)16-25-24-15-23(33-4)14-11-21(24)17-28(2,3)30-25/h5-16,30H,17H2,1-4H3,(H,29,32). The molecule has 0 atom stereocenters. The van der Waals surface area contributed by atoms with E-state index in [2.05, 4.69) is 30.5 Å². The van der Waals surface area contributed by atoms with Crippen molar-refractivity contribution in [2.24, 2.45) is 0 Å². The highest BCUT2D eigenvalue weighted by molar-refractivity contribution is 6.09. The van der Waals surface area contributed by atoms with Gasteiger partial charge in [-0.2, -0.15) is 0 Å². The Morgan fingerprint density at radius 2 is 1.64 bits per heavy atom. The Morgan fingerprint density at radius 1 is 0.970 bits per heavy atom. The van der Waals surface area contributed by atoms with Gasteiger partial charge in [-0.3, -0.25) is 9.59 Å². The minimum Gasteiger partial charge on any atom is -0.497 e. The molecule has 0 bridgehead atoms. The molecule has 5 nitrogen and oxygen atoms in total. The summed E-state index contributed by atoms with van der Waals surface area (Å²) < 4.78 is 5.38. The molecule has 4 rings (SSSR count). The van der Waals surface area contributed by atoms with Crippen molar-refractivity contribution in [1.29, 1.82) is 0 Å². The molecule has 33 heavy (non-hydrogen) atoms. The van der Waals surface area contributed by atoms with Gasteiger partial charge >= 0.3 is 0 Å². The van der Waals surface area contributed by atoms with E-state index in [0.29, 0.717) is 16.8 Å². The molecule has 1 heterocycles. The summed E-state index contributed by atoms with van der Waals surface area (Å²) in [6, 6.07) is 20.3. The Bertz CT molecular complexity index is 1220. The summed E-state index contributed by atoms with van der Waals surface area (Å²) >= 11 is 0. The molecule has 168 valence electrons. The van der Waals surface area contributed by atoms with Crippen LogP contribution in [0.25, 0.3) is 5.70 Å². The molecule has 0 radical (unpaired) electrons. The SMILES string of the molecule is COc1ccc2c(c1)C(=CC(=O)c1ccc(NC(=O)c3ccc(C)cc3)cc1)NC(C)(C)C2. The second kappa shape index (κ2) is 8.94. The number of allylic oxidation sites excluding steroid dienone is 1. The van der Waals surface area contributed by atoms with Crippen LogP contribution in [0.4, 0.5) is 5.69 Å². The second-order valence-corrected chi connectivity index (χ2v) is 9.03. The lowest BCUT2D eigenvalue weighted by atomic mass is 9.85. The quantitative estimate of drug-likeness (QED) is 0.412. The number of amides is 1. The molecule has 0 aliphatic carbocycles. The van der Waals surface area contributed by atoms with Crippen molar-refractivity contribution in [3.8, 4) is 5.75 Å². The highest BCUT2D eigenvalue weighted by Crippen LogP contribution is 2.32. The van der Waals surface area contributed by atoms with E-state index in [4.69, 9.17) is 4.74 Å². The van der Waals surface area contributed by atoms with E-state index in [-0.39, 0.29) is 17.2 Å². The first-order chi connectivity index (χ1) is 15.7. The average molecular weight is 441 g/mol. The molecule has 0 fully saturated rings. The zero-order valence-electron chi connectivity index (χ0n) is 19.4. The summed E-state index contributed by atoms with van der Waals surface area (Å²) in [5, 5.41) is 6.36. The highest BCUT2D eigenvalue weighted by Gasteiger charge is 2.28. The van der Waals surface area contributed by atoms with Gasteiger partial charge in [0.2, 0.25) is 0 Å². The first-order valence-corrected chi connectivity index (χ1v) is 10.9. The molecule has 2 N–H and O–H groups in total. The van der Waals surface area contributed by atoms with Gasteiger partial charge in [-0.25, -0.2) is 0 Å². The van der Waals surface area contributed by atoms with E-state index < -0.39 is 0 Å². The van der Waals surface area contributed by atoms with Crippen molar-refractivity contribution in [2.45, 2.75) is 32.7 Å². The van der Waals surface area contributed by atoms with Crippen LogP contribution in [0.5, 0.6) is 5.75 Å². The van der Waals surface area contributed by atoms with Gasteiger partial charge in [-0.15, -0.1) is 0 Å². The number of carbonyl (C=O) groups excluding carboxylic acids is 2. The third-order valence-corrected chi connectivity index (χ3v) is 5.73. The number of hydrogen-bond acceptors (Lipinski definition) is 4. The second-order valence-electron chi connectivity index (χ2n) is 9.03. The minimum absolute atomic E-state index is 0.111. The van der Waals surface area contributed by atoms with Crippen LogP contribution in [0.2, 0.25) is 0 Å². The molecule has 1 aliphatic heterocycles. The monoisotopic (exact) mass is 440 g/mol. The van der Waals surface area contributed by atoms with Crippen molar-refractivity contribution in [1.82, 2.24) is 5.32 Å². The predicted molar refractivity (Wildman–Crippen MR) is 132 cm³/mol. The molecule has 0 saturated heterocycles. The Kier molecular flexibility index (Phi) is 6.05. The predicted octanol–water partition coefficient (Wildman–Crippen LogP) is 5.40. The maximum absolute atomic E-state index is 13.0. The summed E-state index contributed by atoms with van der Waals surface area (Å²) in [7, 11) is 1.63. The topological polar surface area (TPSA) is 67.4 Å². The lowest BCUT2D eigenvalue weighted by molar-refractivity contribution is 0.102. The number of methoxy groups -OCH3 is 1. The number of rotatable bonds is 5. The maximum Gasteiger partial charge on any atom is 0.255 e. The zero-order valence-corrected chi connectivity index (χ0v) is 19.4. The number of fused-ring (bicyclic) bond motifs is 1. The minimum atomic E-state index is -0.185. The number of hydrogen-bond donors (Lipinski definition) is 2. The molecule has 5 heteroatoms. The normalized spacial score (nSPS) is 15.3. The number of anilines is 1. The third-order valence-electron chi connectivity index (χ3n) is 5.73. The van der Waals surface area contributed by atoms with Crippen LogP contribution in [0.1, 0.15) is 51.3 Å². The van der Waals surface area contributed by atoms with Gasteiger partial charge in [0.25, 0.3) is 5.91 Å². The lowest BCUT2D eigenvalue weighted by Crippen LogP contribution is -2.43. The lowest BCUT2D eigenvalue weighted by Gasteiger charge is -2.35. The average Bonchev–Trinajstić information content (AvgIpc) is 2.79. The fourth-order valence-corrected chi connectivity index (χ4v) is 3.99. The van der Waals surface area contributed by atoms with E-state index in [9.17, 15) is 9.59 Å². The van der Waals surface area contributed by atoms with Gasteiger partial charge < -0.3 is 15.4 Å². The fraction of sp³-hybridized carbons (Fsp3) is 0.214. The van der Waals surface area contributed by atoms with Gasteiger partial charge in [0.05, 0.1) is 7.11 Å². The van der Waals surface area contributed by atoms with Crippen LogP contribution in [-0.2, 0) is 6.42 Å². The zero-order chi connectivity index (χ0) is 23.6. The fourth-order valence-electron chi connectivity index (χ4n) is 3.99. The Morgan fingerprint density at radius 3 is 2.30 bits per heavy atom. The van der Waals surface area contributed by atoms with Gasteiger partial charge in [0.1, 0.15) is 5.75 Å². The van der Waals surface area contributed by atoms with E-state index in [0.717, 1.165) is 29.0 Å². The maximum atomic E-state index is 13.0. The molecular weight excluding hydrogens is 412 g/mol. The van der Waals surface area contributed by atoms with Crippen LogP contribution >= 0.6 is 0 Å². The number of aryl methyl sites for hydroxylation is 1. The van der Waals surface area contributed by atoms with Crippen LogP contribution < -0.4 is 15.4 Å². The van der Waals surface area contributed by atoms with E-state index in [1.807, 2.05) is 31.2 Å². The number of carbonyl (C=O) groups is 2. The third kappa shape index (κ3) is 5.14. The van der Waals surface area contributed by atoms with Gasteiger partial charge in [0, 0.05) is 39.7 Å². The van der Waals surface area contributed by atoms with Crippen molar-refractivity contribution in [3.05, 3.63) is 101 Å². The summed E-state index contributed by atoms with van der Waals surface area (Å²) in [5.41, 5.74) is 5.63. The number of nitrogens with one attached hydrogen (secondary N) is 2. The van der Waals surface area contributed by atoms with Crippen LogP contribution in [0.3, 0.4) is 0 Å². The molecule has 0 spiro atoms. The van der Waals surface area contributed by atoms with Crippen molar-refractivity contribution in [3.63, 3.8) is 0 Å². The Labute approximate surface area is 194 Å². The van der Waals surface area contributed by atoms with Crippen molar-refractivity contribution in [2.75, 3.05) is 12.4 Å². The summed E-state index contributed by atoms with van der Waals surface area (Å²) in [5.74, 6) is 0.457. The first-order valence-electron chi connectivity index (χ1n) is 10.9. The van der Waals surface area contributed by atoms with Gasteiger partial charge in [-0.1, -0.05) is 23.8 Å². The molecule has 3 aromatic rings. The molecule has 1 aliphatic rings.